The predicted molar refractivity (Wildman–Crippen MR) is 74.1 cm³/mol. The highest BCUT2D eigenvalue weighted by atomic mass is 16.6. The van der Waals surface area contributed by atoms with Gasteiger partial charge in [-0.25, -0.2) is 4.98 Å². The lowest BCUT2D eigenvalue weighted by atomic mass is 10.1. The number of aromatic nitrogens is 2. The van der Waals surface area contributed by atoms with Crippen LogP contribution in [0, 0.1) is 13.8 Å². The van der Waals surface area contributed by atoms with Crippen LogP contribution in [0.4, 0.5) is 0 Å². The summed E-state index contributed by atoms with van der Waals surface area (Å²) in [4.78, 5) is 4.24. The number of hydrogen-bond donors (Lipinski definition) is 1. The summed E-state index contributed by atoms with van der Waals surface area (Å²) in [6, 6.07) is 5.56. The Morgan fingerprint density at radius 2 is 2.00 bits per heavy atom. The molecule has 1 aliphatic rings. The molecule has 1 unspecified atom stereocenters. The van der Waals surface area contributed by atoms with Crippen molar-refractivity contribution in [3.63, 3.8) is 0 Å². The van der Waals surface area contributed by atoms with Gasteiger partial charge in [-0.05, 0) is 31.5 Å². The Labute approximate surface area is 117 Å². The lowest BCUT2D eigenvalue weighted by molar-refractivity contribution is 0.151. The van der Waals surface area contributed by atoms with Crippen LogP contribution in [0.5, 0.6) is 11.5 Å². The molecule has 5 heteroatoms. The monoisotopic (exact) mass is 274 g/mol. The second-order valence-electron chi connectivity index (χ2n) is 4.99. The van der Waals surface area contributed by atoms with E-state index in [4.69, 9.17) is 9.47 Å². The molecule has 1 aliphatic heterocycles. The maximum absolute atomic E-state index is 10.4. The van der Waals surface area contributed by atoms with E-state index in [-0.39, 0.29) is 0 Å². The van der Waals surface area contributed by atoms with Crippen molar-refractivity contribution < 1.29 is 14.6 Å². The highest BCUT2D eigenvalue weighted by Crippen LogP contribution is 2.33. The largest absolute Gasteiger partial charge is 0.486 e. The Hall–Kier alpha value is -2.01. The third kappa shape index (κ3) is 2.36. The Morgan fingerprint density at radius 3 is 2.70 bits per heavy atom. The van der Waals surface area contributed by atoms with Crippen LogP contribution >= 0.6 is 0 Å². The molecule has 1 aromatic heterocycles. The maximum atomic E-state index is 10.4. The van der Waals surface area contributed by atoms with Crippen LogP contribution in [0.3, 0.4) is 0 Å². The van der Waals surface area contributed by atoms with Gasteiger partial charge >= 0.3 is 0 Å². The molecule has 1 aromatic carbocycles. The van der Waals surface area contributed by atoms with Crippen molar-refractivity contribution in [3.8, 4) is 11.5 Å². The fourth-order valence-corrected chi connectivity index (χ4v) is 2.29. The van der Waals surface area contributed by atoms with E-state index in [0.717, 1.165) is 22.7 Å². The van der Waals surface area contributed by atoms with Crippen molar-refractivity contribution in [1.29, 1.82) is 0 Å². The van der Waals surface area contributed by atoms with Crippen molar-refractivity contribution in [2.75, 3.05) is 13.2 Å². The second-order valence-corrected chi connectivity index (χ2v) is 4.99. The standard InChI is InChI=1S/C15H18N2O3/c1-10-11(2)17(9-16-10)8-13(18)12-3-4-14-15(7-12)20-6-5-19-14/h3-4,7,9,13,18H,5-6,8H2,1-2H3. The number of ether oxygens (including phenoxy) is 2. The van der Waals surface area contributed by atoms with Gasteiger partial charge in [-0.15, -0.1) is 0 Å². The van der Waals surface area contributed by atoms with Gasteiger partial charge in [0.25, 0.3) is 0 Å². The van der Waals surface area contributed by atoms with E-state index in [1.54, 1.807) is 6.33 Å². The lowest BCUT2D eigenvalue weighted by Gasteiger charge is -2.20. The topological polar surface area (TPSA) is 56.5 Å². The molecule has 0 amide bonds. The minimum Gasteiger partial charge on any atom is -0.486 e. The third-order valence-corrected chi connectivity index (χ3v) is 3.67. The van der Waals surface area contributed by atoms with Crippen molar-refractivity contribution in [2.24, 2.45) is 0 Å². The van der Waals surface area contributed by atoms with Crippen LogP contribution in [0.1, 0.15) is 23.1 Å². The predicted octanol–water partition coefficient (Wildman–Crippen LogP) is 2.00. The zero-order valence-corrected chi connectivity index (χ0v) is 11.7. The summed E-state index contributed by atoms with van der Waals surface area (Å²) in [5, 5.41) is 10.4. The lowest BCUT2D eigenvalue weighted by Crippen LogP contribution is -2.16. The Morgan fingerprint density at radius 1 is 1.25 bits per heavy atom. The van der Waals surface area contributed by atoms with Gasteiger partial charge in [0.2, 0.25) is 0 Å². The quantitative estimate of drug-likeness (QED) is 0.930. The molecule has 0 saturated heterocycles. The summed E-state index contributed by atoms with van der Waals surface area (Å²) < 4.78 is 13.0. The van der Waals surface area contributed by atoms with Crippen LogP contribution in [-0.4, -0.2) is 27.9 Å². The summed E-state index contributed by atoms with van der Waals surface area (Å²) in [6.07, 6.45) is 1.16. The minimum absolute atomic E-state index is 0.478. The molecular weight excluding hydrogens is 256 g/mol. The molecule has 106 valence electrons. The summed E-state index contributed by atoms with van der Waals surface area (Å²) in [5.74, 6) is 1.44. The fourth-order valence-electron chi connectivity index (χ4n) is 2.29. The number of nitrogens with zero attached hydrogens (tertiary/aromatic N) is 2. The first-order valence-corrected chi connectivity index (χ1v) is 6.71. The third-order valence-electron chi connectivity index (χ3n) is 3.67. The van der Waals surface area contributed by atoms with Gasteiger partial charge in [0.15, 0.2) is 11.5 Å². The molecular formula is C15H18N2O3. The number of aliphatic hydroxyl groups excluding tert-OH is 1. The van der Waals surface area contributed by atoms with Gasteiger partial charge < -0.3 is 19.1 Å². The summed E-state index contributed by atoms with van der Waals surface area (Å²) in [5.41, 5.74) is 2.88. The number of benzene rings is 1. The molecule has 0 saturated carbocycles. The van der Waals surface area contributed by atoms with E-state index in [1.807, 2.05) is 36.6 Å². The number of fused-ring (bicyclic) bond motifs is 1. The molecule has 1 atom stereocenters. The van der Waals surface area contributed by atoms with Crippen LogP contribution in [0.15, 0.2) is 24.5 Å². The molecule has 2 aromatic rings. The van der Waals surface area contributed by atoms with Crippen molar-refractivity contribution in [3.05, 3.63) is 41.5 Å². The summed E-state index contributed by atoms with van der Waals surface area (Å²) >= 11 is 0. The summed E-state index contributed by atoms with van der Waals surface area (Å²) in [7, 11) is 0. The van der Waals surface area contributed by atoms with E-state index in [9.17, 15) is 5.11 Å². The van der Waals surface area contributed by atoms with E-state index in [1.165, 1.54) is 0 Å². The zero-order valence-electron chi connectivity index (χ0n) is 11.7. The first-order valence-electron chi connectivity index (χ1n) is 6.71. The Kier molecular flexibility index (Phi) is 3.36. The summed E-state index contributed by atoms with van der Waals surface area (Å²) in [6.45, 7) is 5.56. The number of imidazole rings is 1. The van der Waals surface area contributed by atoms with Crippen LogP contribution in [-0.2, 0) is 6.54 Å². The highest BCUT2D eigenvalue weighted by Gasteiger charge is 2.16. The number of aliphatic hydroxyl groups is 1. The first kappa shape index (κ1) is 13.0. The molecule has 0 radical (unpaired) electrons. The normalized spacial score (nSPS) is 15.2. The molecule has 2 heterocycles. The van der Waals surface area contributed by atoms with Gasteiger partial charge in [0.1, 0.15) is 13.2 Å². The Balaban J connectivity index is 1.80. The van der Waals surface area contributed by atoms with Crippen molar-refractivity contribution in [2.45, 2.75) is 26.5 Å². The first-order chi connectivity index (χ1) is 9.65. The number of hydrogen-bond acceptors (Lipinski definition) is 4. The maximum Gasteiger partial charge on any atom is 0.161 e. The molecule has 0 spiro atoms. The van der Waals surface area contributed by atoms with Gasteiger partial charge in [-0.1, -0.05) is 6.07 Å². The van der Waals surface area contributed by atoms with Crippen LogP contribution < -0.4 is 9.47 Å². The van der Waals surface area contributed by atoms with Gasteiger partial charge in [0.05, 0.1) is 24.7 Å². The van der Waals surface area contributed by atoms with Crippen molar-refractivity contribution in [1.82, 2.24) is 9.55 Å². The van der Waals surface area contributed by atoms with Gasteiger partial charge in [0, 0.05) is 5.69 Å². The van der Waals surface area contributed by atoms with Gasteiger partial charge in [-0.2, -0.15) is 0 Å². The molecule has 5 nitrogen and oxygen atoms in total. The van der Waals surface area contributed by atoms with Crippen molar-refractivity contribution >= 4 is 0 Å². The van der Waals surface area contributed by atoms with Crippen LogP contribution in [0.25, 0.3) is 0 Å². The average Bonchev–Trinajstić information content (AvgIpc) is 2.78. The number of rotatable bonds is 3. The number of aryl methyl sites for hydroxylation is 1. The molecule has 20 heavy (non-hydrogen) atoms. The molecule has 0 bridgehead atoms. The molecule has 1 N–H and O–H groups in total. The van der Waals surface area contributed by atoms with E-state index >= 15 is 0 Å². The van der Waals surface area contributed by atoms with E-state index < -0.39 is 6.10 Å². The van der Waals surface area contributed by atoms with Gasteiger partial charge in [-0.3, -0.25) is 0 Å². The SMILES string of the molecule is Cc1ncn(CC(O)c2ccc3c(c2)OCCO3)c1C. The zero-order chi connectivity index (χ0) is 14.1. The smallest absolute Gasteiger partial charge is 0.161 e. The fraction of sp³-hybridized carbons (Fsp3) is 0.400. The molecule has 3 rings (SSSR count). The molecule has 0 aliphatic carbocycles. The molecule has 0 fully saturated rings. The van der Waals surface area contributed by atoms with Crippen LogP contribution in [0.2, 0.25) is 0 Å². The minimum atomic E-state index is -0.599. The second kappa shape index (κ2) is 5.17. The average molecular weight is 274 g/mol. The Bertz CT molecular complexity index is 622. The highest BCUT2D eigenvalue weighted by molar-refractivity contribution is 5.44. The van der Waals surface area contributed by atoms with E-state index in [2.05, 4.69) is 4.98 Å². The van der Waals surface area contributed by atoms with E-state index in [0.29, 0.717) is 25.5 Å².